The van der Waals surface area contributed by atoms with Crippen molar-refractivity contribution in [2.75, 3.05) is 11.9 Å². The van der Waals surface area contributed by atoms with Crippen molar-refractivity contribution in [2.24, 2.45) is 0 Å². The number of oxazole rings is 1. The Bertz CT molecular complexity index is 1230. The monoisotopic (exact) mass is 436 g/mol. The van der Waals surface area contributed by atoms with Crippen molar-refractivity contribution < 1.29 is 12.8 Å². The maximum absolute atomic E-state index is 13.1. The Labute approximate surface area is 182 Å². The summed E-state index contributed by atoms with van der Waals surface area (Å²) in [6.45, 7) is 4.84. The van der Waals surface area contributed by atoms with Crippen LogP contribution in [0.15, 0.2) is 57.8 Å². The van der Waals surface area contributed by atoms with E-state index in [9.17, 15) is 13.7 Å². The van der Waals surface area contributed by atoms with Gasteiger partial charge in [-0.15, -0.1) is 0 Å². The van der Waals surface area contributed by atoms with Crippen LogP contribution in [0.5, 0.6) is 0 Å². The maximum atomic E-state index is 13.1. The quantitative estimate of drug-likeness (QED) is 0.623. The molecule has 0 aliphatic carbocycles. The molecule has 0 amide bonds. The largest absolute Gasteiger partial charge is 0.419 e. The van der Waals surface area contributed by atoms with E-state index >= 15 is 0 Å². The van der Waals surface area contributed by atoms with Crippen LogP contribution in [0, 0.1) is 11.3 Å². The first-order valence-corrected chi connectivity index (χ1v) is 11.7. The summed E-state index contributed by atoms with van der Waals surface area (Å²) < 4.78 is 33.5. The van der Waals surface area contributed by atoms with Gasteiger partial charge in [-0.3, -0.25) is 0 Å². The highest BCUT2D eigenvalue weighted by atomic mass is 32.2. The normalized spacial score (nSPS) is 15.1. The van der Waals surface area contributed by atoms with Gasteiger partial charge in [-0.25, -0.2) is 8.42 Å². The summed E-state index contributed by atoms with van der Waals surface area (Å²) in [5.74, 6) is 0.605. The molecular formula is C23H24N4O3S. The number of rotatable bonds is 6. The summed E-state index contributed by atoms with van der Waals surface area (Å²) in [6, 6.07) is 16.5. The molecule has 0 saturated heterocycles. The first-order valence-electron chi connectivity index (χ1n) is 10.3. The van der Waals surface area contributed by atoms with Crippen molar-refractivity contribution in [3.05, 3.63) is 65.4 Å². The fourth-order valence-electron chi connectivity index (χ4n) is 3.54. The second-order valence-corrected chi connectivity index (χ2v) is 9.58. The second kappa shape index (κ2) is 8.53. The zero-order chi connectivity index (χ0) is 22.0. The number of nitrogens with one attached hydrogen (secondary N) is 1. The zero-order valence-corrected chi connectivity index (χ0v) is 18.3. The van der Waals surface area contributed by atoms with E-state index in [2.05, 4.69) is 10.3 Å². The van der Waals surface area contributed by atoms with Crippen LogP contribution in [0.3, 0.4) is 0 Å². The van der Waals surface area contributed by atoms with Crippen molar-refractivity contribution in [3.8, 4) is 17.5 Å². The van der Waals surface area contributed by atoms with Crippen molar-refractivity contribution >= 4 is 15.9 Å². The lowest BCUT2D eigenvalue weighted by Crippen LogP contribution is -2.35. The smallest absolute Gasteiger partial charge is 0.243 e. The molecule has 7 nitrogen and oxygen atoms in total. The van der Waals surface area contributed by atoms with Crippen LogP contribution in [0.25, 0.3) is 11.5 Å². The Morgan fingerprint density at radius 1 is 1.19 bits per heavy atom. The number of aromatic nitrogens is 1. The Kier molecular flexibility index (Phi) is 5.81. The predicted molar refractivity (Wildman–Crippen MR) is 118 cm³/mol. The van der Waals surface area contributed by atoms with Crippen LogP contribution >= 0.6 is 0 Å². The maximum Gasteiger partial charge on any atom is 0.243 e. The molecule has 3 aromatic rings. The molecule has 1 aromatic heterocycles. The summed E-state index contributed by atoms with van der Waals surface area (Å²) >= 11 is 0. The van der Waals surface area contributed by atoms with Gasteiger partial charge in [0.15, 0.2) is 0 Å². The van der Waals surface area contributed by atoms with Gasteiger partial charge >= 0.3 is 0 Å². The Balaban J connectivity index is 1.57. The lowest BCUT2D eigenvalue weighted by molar-refractivity contribution is 0.391. The number of hydrogen-bond donors (Lipinski definition) is 1. The van der Waals surface area contributed by atoms with Gasteiger partial charge in [-0.05, 0) is 55.2 Å². The van der Waals surface area contributed by atoms with E-state index in [-0.39, 0.29) is 22.5 Å². The minimum absolute atomic E-state index is 0.134. The molecule has 1 atom stereocenters. The molecule has 2 aromatic carbocycles. The van der Waals surface area contributed by atoms with Gasteiger partial charge in [0, 0.05) is 24.7 Å². The Morgan fingerprint density at radius 3 is 2.58 bits per heavy atom. The molecule has 1 aliphatic rings. The lowest BCUT2D eigenvalue weighted by atomic mass is 10.0. The van der Waals surface area contributed by atoms with Crippen molar-refractivity contribution in [3.63, 3.8) is 0 Å². The third-order valence-electron chi connectivity index (χ3n) is 5.56. The number of sulfonamides is 1. The topological polar surface area (TPSA) is 99.2 Å². The summed E-state index contributed by atoms with van der Waals surface area (Å²) in [5, 5.41) is 12.5. The number of nitrogens with zero attached hydrogens (tertiary/aromatic N) is 3. The molecule has 0 spiro atoms. The minimum Gasteiger partial charge on any atom is -0.419 e. The summed E-state index contributed by atoms with van der Waals surface area (Å²) in [4.78, 5) is 4.47. The van der Waals surface area contributed by atoms with Gasteiger partial charge in [-0.1, -0.05) is 31.2 Å². The fraction of sp³-hybridized carbons (Fsp3) is 0.304. The van der Waals surface area contributed by atoms with E-state index in [1.807, 2.05) is 44.2 Å². The van der Waals surface area contributed by atoms with Gasteiger partial charge in [-0.2, -0.15) is 14.6 Å². The molecule has 0 radical (unpaired) electrons. The average molecular weight is 437 g/mol. The number of fused-ring (bicyclic) bond motifs is 1. The van der Waals surface area contributed by atoms with Crippen LogP contribution in [-0.4, -0.2) is 30.3 Å². The van der Waals surface area contributed by atoms with Crippen LogP contribution in [0.2, 0.25) is 0 Å². The average Bonchev–Trinajstić information content (AvgIpc) is 3.21. The van der Waals surface area contributed by atoms with Crippen LogP contribution in [0.4, 0.5) is 5.88 Å². The third-order valence-corrected chi connectivity index (χ3v) is 7.42. The molecule has 2 heterocycles. The molecule has 0 saturated carbocycles. The summed E-state index contributed by atoms with van der Waals surface area (Å²) in [6.07, 6.45) is 1.57. The number of anilines is 1. The van der Waals surface area contributed by atoms with Gasteiger partial charge in [0.25, 0.3) is 0 Å². The summed E-state index contributed by atoms with van der Waals surface area (Å²) in [7, 11) is -3.61. The number of hydrogen-bond acceptors (Lipinski definition) is 6. The molecule has 4 rings (SSSR count). The lowest BCUT2D eigenvalue weighted by Gasteiger charge is -2.28. The summed E-state index contributed by atoms with van der Waals surface area (Å²) in [5.41, 5.74) is 3.03. The highest BCUT2D eigenvalue weighted by Gasteiger charge is 2.28. The molecular weight excluding hydrogens is 412 g/mol. The fourth-order valence-corrected chi connectivity index (χ4v) is 4.96. The van der Waals surface area contributed by atoms with Crippen LogP contribution < -0.4 is 5.32 Å². The third kappa shape index (κ3) is 4.20. The van der Waals surface area contributed by atoms with E-state index in [4.69, 9.17) is 4.42 Å². The minimum atomic E-state index is -3.61. The zero-order valence-electron chi connectivity index (χ0n) is 17.5. The highest BCUT2D eigenvalue weighted by Crippen LogP contribution is 2.29. The molecule has 31 heavy (non-hydrogen) atoms. The molecule has 0 fully saturated rings. The first kappa shape index (κ1) is 21.1. The van der Waals surface area contributed by atoms with E-state index in [1.54, 1.807) is 24.3 Å². The van der Waals surface area contributed by atoms with Gasteiger partial charge in [0.1, 0.15) is 6.07 Å². The molecule has 160 valence electrons. The van der Waals surface area contributed by atoms with Crippen LogP contribution in [-0.2, 0) is 23.0 Å². The molecule has 8 heteroatoms. The van der Waals surface area contributed by atoms with Crippen molar-refractivity contribution in [1.82, 2.24) is 9.29 Å². The van der Waals surface area contributed by atoms with Crippen molar-refractivity contribution in [1.29, 1.82) is 5.26 Å². The van der Waals surface area contributed by atoms with Gasteiger partial charge < -0.3 is 9.73 Å². The Morgan fingerprint density at radius 2 is 1.90 bits per heavy atom. The van der Waals surface area contributed by atoms with E-state index in [0.29, 0.717) is 31.0 Å². The van der Waals surface area contributed by atoms with Crippen LogP contribution in [0.1, 0.15) is 37.1 Å². The standard InChI is InChI=1S/C23H24N4O3S/c1-3-16(2)25-23-21(14-24)26-22(30-23)18-8-10-20(11-9-18)31(28,29)27-13-12-17-6-4-5-7-19(17)15-27/h4-11,16,25H,3,12-13,15H2,1-2H3/t16-/m0/s1. The second-order valence-electron chi connectivity index (χ2n) is 7.64. The number of benzene rings is 2. The highest BCUT2D eigenvalue weighted by molar-refractivity contribution is 7.89. The van der Waals surface area contributed by atoms with E-state index in [0.717, 1.165) is 12.0 Å². The molecule has 0 bridgehead atoms. The first-order chi connectivity index (χ1) is 14.9. The predicted octanol–water partition coefficient (Wildman–Crippen LogP) is 4.17. The molecule has 1 N–H and O–H groups in total. The van der Waals surface area contributed by atoms with E-state index < -0.39 is 10.0 Å². The van der Waals surface area contributed by atoms with Gasteiger partial charge in [0.2, 0.25) is 27.5 Å². The Hall–Kier alpha value is -3.15. The molecule has 0 unspecified atom stereocenters. The number of nitriles is 1. The van der Waals surface area contributed by atoms with E-state index in [1.165, 1.54) is 9.87 Å². The van der Waals surface area contributed by atoms with Crippen molar-refractivity contribution in [2.45, 2.75) is 44.2 Å². The van der Waals surface area contributed by atoms with Gasteiger partial charge in [0.05, 0.1) is 4.90 Å². The molecule has 1 aliphatic heterocycles. The SMILES string of the molecule is CC[C@H](C)Nc1oc(-c2ccc(S(=O)(=O)N3CCc4ccccc4C3)cc2)nc1C#N.